The molecule has 80 valence electrons. The number of rotatable bonds is 3. The Morgan fingerprint density at radius 1 is 1.50 bits per heavy atom. The molecule has 0 aliphatic heterocycles. The molecule has 0 aromatic carbocycles. The van der Waals surface area contributed by atoms with Gasteiger partial charge in [0.25, 0.3) is 0 Å². The van der Waals surface area contributed by atoms with Gasteiger partial charge in [-0.2, -0.15) is 0 Å². The second kappa shape index (κ2) is 4.28. The summed E-state index contributed by atoms with van der Waals surface area (Å²) in [6, 6.07) is 0. The summed E-state index contributed by atoms with van der Waals surface area (Å²) >= 11 is 1.50. The summed E-state index contributed by atoms with van der Waals surface area (Å²) in [6.45, 7) is 8.64. The highest BCUT2D eigenvalue weighted by atomic mass is 32.1. The molecule has 4 heteroatoms. The highest BCUT2D eigenvalue weighted by Gasteiger charge is 2.14. The van der Waals surface area contributed by atoms with E-state index in [1.54, 1.807) is 0 Å². The standard InChI is InChI=1S/C10H19N3S/c1-10(2,3)7-13(4)5-8-6-14-9(11)12-8/h6H,5,7H2,1-4H3,(H2,11,12). The normalized spacial score (nSPS) is 12.4. The van der Waals surface area contributed by atoms with Gasteiger partial charge in [0, 0.05) is 18.5 Å². The van der Waals surface area contributed by atoms with Crippen molar-refractivity contribution in [1.82, 2.24) is 9.88 Å². The monoisotopic (exact) mass is 213 g/mol. The Kier molecular flexibility index (Phi) is 3.50. The van der Waals surface area contributed by atoms with E-state index in [1.807, 2.05) is 5.38 Å². The fourth-order valence-corrected chi connectivity index (χ4v) is 2.09. The summed E-state index contributed by atoms with van der Waals surface area (Å²) in [5, 5.41) is 2.68. The van der Waals surface area contributed by atoms with Gasteiger partial charge in [0.05, 0.1) is 5.69 Å². The lowest BCUT2D eigenvalue weighted by atomic mass is 9.96. The first-order valence-electron chi connectivity index (χ1n) is 4.75. The van der Waals surface area contributed by atoms with Gasteiger partial charge in [-0.15, -0.1) is 11.3 Å². The molecule has 0 aliphatic carbocycles. The molecule has 0 amide bonds. The Bertz CT molecular complexity index is 288. The minimum atomic E-state index is 0.330. The molecule has 14 heavy (non-hydrogen) atoms. The maximum absolute atomic E-state index is 5.57. The molecular weight excluding hydrogens is 194 g/mol. The predicted molar refractivity (Wildman–Crippen MR) is 62.3 cm³/mol. The molecular formula is C10H19N3S. The Hall–Kier alpha value is -0.610. The molecule has 0 unspecified atom stereocenters. The Balaban J connectivity index is 2.45. The van der Waals surface area contributed by atoms with Crippen LogP contribution in [0.15, 0.2) is 5.38 Å². The minimum absolute atomic E-state index is 0.330. The second-order valence-corrected chi connectivity index (χ2v) is 5.80. The van der Waals surface area contributed by atoms with Crippen LogP contribution in [0.4, 0.5) is 5.13 Å². The van der Waals surface area contributed by atoms with Crippen LogP contribution in [0.1, 0.15) is 26.5 Å². The molecule has 0 fully saturated rings. The fraction of sp³-hybridized carbons (Fsp3) is 0.700. The molecule has 1 rings (SSSR count). The zero-order valence-corrected chi connectivity index (χ0v) is 10.2. The minimum Gasteiger partial charge on any atom is -0.375 e. The van der Waals surface area contributed by atoms with Crippen LogP contribution < -0.4 is 5.73 Å². The van der Waals surface area contributed by atoms with E-state index in [0.717, 1.165) is 18.8 Å². The van der Waals surface area contributed by atoms with Crippen molar-refractivity contribution < 1.29 is 0 Å². The van der Waals surface area contributed by atoms with Gasteiger partial charge in [0.2, 0.25) is 0 Å². The largest absolute Gasteiger partial charge is 0.375 e. The molecule has 0 saturated carbocycles. The van der Waals surface area contributed by atoms with Crippen molar-refractivity contribution >= 4 is 16.5 Å². The lowest BCUT2D eigenvalue weighted by molar-refractivity contribution is 0.219. The first-order chi connectivity index (χ1) is 6.37. The second-order valence-electron chi connectivity index (χ2n) is 4.91. The van der Waals surface area contributed by atoms with Gasteiger partial charge in [-0.05, 0) is 12.5 Å². The summed E-state index contributed by atoms with van der Waals surface area (Å²) in [5.41, 5.74) is 6.97. The summed E-state index contributed by atoms with van der Waals surface area (Å²) in [5.74, 6) is 0. The maximum Gasteiger partial charge on any atom is 0.180 e. The van der Waals surface area contributed by atoms with Crippen molar-refractivity contribution in [3.8, 4) is 0 Å². The quantitative estimate of drug-likeness (QED) is 0.837. The van der Waals surface area contributed by atoms with Crippen LogP contribution in [0.2, 0.25) is 0 Å². The summed E-state index contributed by atoms with van der Waals surface area (Å²) in [7, 11) is 2.11. The van der Waals surface area contributed by atoms with E-state index in [9.17, 15) is 0 Å². The number of nitrogens with two attached hydrogens (primary N) is 1. The number of nitrogens with zero attached hydrogens (tertiary/aromatic N) is 2. The Morgan fingerprint density at radius 3 is 2.57 bits per heavy atom. The number of nitrogen functional groups attached to an aromatic ring is 1. The van der Waals surface area contributed by atoms with Crippen LogP contribution in [-0.4, -0.2) is 23.5 Å². The van der Waals surface area contributed by atoms with Crippen LogP contribution in [0, 0.1) is 5.41 Å². The van der Waals surface area contributed by atoms with E-state index in [2.05, 4.69) is 37.7 Å². The van der Waals surface area contributed by atoms with Gasteiger partial charge < -0.3 is 5.73 Å². The topological polar surface area (TPSA) is 42.1 Å². The molecule has 1 heterocycles. The zero-order chi connectivity index (χ0) is 10.8. The van der Waals surface area contributed by atoms with E-state index in [4.69, 9.17) is 5.73 Å². The van der Waals surface area contributed by atoms with Crippen molar-refractivity contribution in [1.29, 1.82) is 0 Å². The number of hydrogen-bond donors (Lipinski definition) is 1. The average molecular weight is 213 g/mol. The maximum atomic E-state index is 5.57. The molecule has 0 spiro atoms. The number of thiazole rings is 1. The molecule has 1 aromatic heterocycles. The van der Waals surface area contributed by atoms with E-state index < -0.39 is 0 Å². The molecule has 0 bridgehead atoms. The molecule has 1 aromatic rings. The third-order valence-electron chi connectivity index (χ3n) is 1.75. The molecule has 0 radical (unpaired) electrons. The molecule has 3 nitrogen and oxygen atoms in total. The van der Waals surface area contributed by atoms with Gasteiger partial charge >= 0.3 is 0 Å². The van der Waals surface area contributed by atoms with Gasteiger partial charge in [-0.3, -0.25) is 4.90 Å². The summed E-state index contributed by atoms with van der Waals surface area (Å²) < 4.78 is 0. The number of anilines is 1. The van der Waals surface area contributed by atoms with Crippen molar-refractivity contribution in [3.63, 3.8) is 0 Å². The third-order valence-corrected chi connectivity index (χ3v) is 2.47. The van der Waals surface area contributed by atoms with Crippen LogP contribution in [0.5, 0.6) is 0 Å². The number of aromatic nitrogens is 1. The Morgan fingerprint density at radius 2 is 2.14 bits per heavy atom. The lowest BCUT2D eigenvalue weighted by Crippen LogP contribution is -2.28. The number of hydrogen-bond acceptors (Lipinski definition) is 4. The highest BCUT2D eigenvalue weighted by Crippen LogP contribution is 2.17. The predicted octanol–water partition coefficient (Wildman–Crippen LogP) is 2.20. The summed E-state index contributed by atoms with van der Waals surface area (Å²) in [6.07, 6.45) is 0. The van der Waals surface area contributed by atoms with Gasteiger partial charge in [0.1, 0.15) is 0 Å². The van der Waals surface area contributed by atoms with Crippen LogP contribution in [-0.2, 0) is 6.54 Å². The highest BCUT2D eigenvalue weighted by molar-refractivity contribution is 7.13. The van der Waals surface area contributed by atoms with Crippen molar-refractivity contribution in [2.24, 2.45) is 5.41 Å². The van der Waals surface area contributed by atoms with Gasteiger partial charge in [0.15, 0.2) is 5.13 Å². The van der Waals surface area contributed by atoms with Crippen LogP contribution in [0.3, 0.4) is 0 Å². The zero-order valence-electron chi connectivity index (χ0n) is 9.37. The first kappa shape index (κ1) is 11.5. The smallest absolute Gasteiger partial charge is 0.180 e. The molecule has 0 saturated heterocycles. The van der Waals surface area contributed by atoms with E-state index in [0.29, 0.717) is 10.5 Å². The van der Waals surface area contributed by atoms with Gasteiger partial charge in [-0.1, -0.05) is 20.8 Å². The Labute approximate surface area is 89.9 Å². The third kappa shape index (κ3) is 4.07. The van der Waals surface area contributed by atoms with Crippen molar-refractivity contribution in [3.05, 3.63) is 11.1 Å². The van der Waals surface area contributed by atoms with E-state index in [-0.39, 0.29) is 0 Å². The van der Waals surface area contributed by atoms with Crippen LogP contribution >= 0.6 is 11.3 Å². The average Bonchev–Trinajstić information content (AvgIpc) is 2.30. The first-order valence-corrected chi connectivity index (χ1v) is 5.63. The van der Waals surface area contributed by atoms with Gasteiger partial charge in [-0.25, -0.2) is 4.98 Å². The lowest BCUT2D eigenvalue weighted by Gasteiger charge is -2.25. The van der Waals surface area contributed by atoms with E-state index >= 15 is 0 Å². The van der Waals surface area contributed by atoms with Crippen LogP contribution in [0.25, 0.3) is 0 Å². The van der Waals surface area contributed by atoms with Crippen molar-refractivity contribution in [2.75, 3.05) is 19.3 Å². The summed E-state index contributed by atoms with van der Waals surface area (Å²) in [4.78, 5) is 6.51. The molecule has 2 N–H and O–H groups in total. The van der Waals surface area contributed by atoms with Crippen molar-refractivity contribution in [2.45, 2.75) is 27.3 Å². The molecule has 0 aliphatic rings. The SMILES string of the molecule is CN(Cc1csc(N)n1)CC(C)(C)C. The van der Waals surface area contributed by atoms with E-state index in [1.165, 1.54) is 11.3 Å². The molecule has 0 atom stereocenters. The fourth-order valence-electron chi connectivity index (χ4n) is 1.54.